The molecule has 2 aromatic rings. The molecule has 1 unspecified atom stereocenters. The van der Waals surface area contributed by atoms with Gasteiger partial charge in [-0.15, -0.1) is 24.0 Å². The highest BCUT2D eigenvalue weighted by atomic mass is 127. The lowest BCUT2D eigenvalue weighted by Crippen LogP contribution is -2.47. The zero-order valence-corrected chi connectivity index (χ0v) is 20.7. The lowest BCUT2D eigenvalue weighted by atomic mass is 10.1. The van der Waals surface area contributed by atoms with Gasteiger partial charge < -0.3 is 15.4 Å². The summed E-state index contributed by atoms with van der Waals surface area (Å²) in [5.74, 6) is 3.85. The fourth-order valence-corrected chi connectivity index (χ4v) is 3.45. The van der Waals surface area contributed by atoms with E-state index in [1.54, 1.807) is 0 Å². The van der Waals surface area contributed by atoms with Gasteiger partial charge in [0, 0.05) is 32.0 Å². The van der Waals surface area contributed by atoms with Crippen molar-refractivity contribution in [3.05, 3.63) is 41.5 Å². The first kappa shape index (κ1) is 24.4. The average molecular weight is 526 g/mol. The van der Waals surface area contributed by atoms with Crippen molar-refractivity contribution < 1.29 is 4.74 Å². The number of aryl methyl sites for hydroxylation is 2. The van der Waals surface area contributed by atoms with Crippen LogP contribution in [0, 0.1) is 0 Å². The van der Waals surface area contributed by atoms with Crippen molar-refractivity contribution in [2.45, 2.75) is 65.5 Å². The standard InChI is InChI=1S/C22H34N6O.HI/c1-4-14-29-19-9-7-8-17(15-19)12-13-24-22(23-6-3)25-18-10-11-21-26-20(5-2)27-28(21)16-18;/h7-9,15,18H,4-6,10-14,16H2,1-3H3,(H2,23,24,25);1H. The van der Waals surface area contributed by atoms with Crippen LogP contribution in [0.4, 0.5) is 0 Å². The van der Waals surface area contributed by atoms with Crippen LogP contribution in [0.5, 0.6) is 5.75 Å². The van der Waals surface area contributed by atoms with E-state index in [-0.39, 0.29) is 24.0 Å². The van der Waals surface area contributed by atoms with Gasteiger partial charge in [-0.2, -0.15) is 5.10 Å². The van der Waals surface area contributed by atoms with Crippen molar-refractivity contribution in [2.75, 3.05) is 19.7 Å². The smallest absolute Gasteiger partial charge is 0.191 e. The summed E-state index contributed by atoms with van der Waals surface area (Å²) in [5.41, 5.74) is 1.25. The Morgan fingerprint density at radius 2 is 2.17 bits per heavy atom. The Labute approximate surface area is 197 Å². The number of aromatic nitrogens is 3. The molecule has 0 saturated heterocycles. The first-order chi connectivity index (χ1) is 14.2. The van der Waals surface area contributed by atoms with Crippen molar-refractivity contribution in [1.82, 2.24) is 25.4 Å². The summed E-state index contributed by atoms with van der Waals surface area (Å²) in [6, 6.07) is 8.63. The van der Waals surface area contributed by atoms with Crippen molar-refractivity contribution in [3.63, 3.8) is 0 Å². The van der Waals surface area contributed by atoms with E-state index < -0.39 is 0 Å². The van der Waals surface area contributed by atoms with Gasteiger partial charge in [-0.3, -0.25) is 4.99 Å². The number of fused-ring (bicyclic) bond motifs is 1. The molecule has 166 valence electrons. The molecule has 1 aliphatic rings. The molecule has 1 aromatic heterocycles. The number of ether oxygens (including phenoxy) is 1. The summed E-state index contributed by atoms with van der Waals surface area (Å²) >= 11 is 0. The second-order valence-electron chi connectivity index (χ2n) is 7.37. The molecule has 0 saturated carbocycles. The first-order valence-corrected chi connectivity index (χ1v) is 10.9. The molecule has 0 aliphatic carbocycles. The monoisotopic (exact) mass is 526 g/mol. The van der Waals surface area contributed by atoms with Crippen molar-refractivity contribution >= 4 is 29.9 Å². The fourth-order valence-electron chi connectivity index (χ4n) is 3.45. The topological polar surface area (TPSA) is 76.4 Å². The highest BCUT2D eigenvalue weighted by Crippen LogP contribution is 2.15. The van der Waals surface area contributed by atoms with Crippen LogP contribution in [0.3, 0.4) is 0 Å². The van der Waals surface area contributed by atoms with Crippen LogP contribution in [0.1, 0.15) is 50.8 Å². The maximum atomic E-state index is 5.73. The van der Waals surface area contributed by atoms with Crippen LogP contribution < -0.4 is 15.4 Å². The third-order valence-corrected chi connectivity index (χ3v) is 4.94. The van der Waals surface area contributed by atoms with E-state index in [1.165, 1.54) is 5.56 Å². The number of guanidine groups is 1. The van der Waals surface area contributed by atoms with Crippen molar-refractivity contribution in [2.24, 2.45) is 4.99 Å². The SMILES string of the molecule is CCCOc1cccc(CCN=C(NCC)NC2CCc3nc(CC)nn3C2)c1.I. The lowest BCUT2D eigenvalue weighted by molar-refractivity contribution is 0.317. The van der Waals surface area contributed by atoms with Crippen LogP contribution in [0.15, 0.2) is 29.3 Å². The Morgan fingerprint density at radius 3 is 2.93 bits per heavy atom. The summed E-state index contributed by atoms with van der Waals surface area (Å²) in [6.45, 7) is 9.47. The van der Waals surface area contributed by atoms with Crippen LogP contribution in [-0.2, 0) is 25.8 Å². The molecule has 8 heteroatoms. The van der Waals surface area contributed by atoms with Crippen molar-refractivity contribution in [3.8, 4) is 5.75 Å². The van der Waals surface area contributed by atoms with Crippen LogP contribution in [0.25, 0.3) is 0 Å². The van der Waals surface area contributed by atoms with Gasteiger partial charge in [-0.1, -0.05) is 26.0 Å². The molecule has 0 radical (unpaired) electrons. The molecule has 1 aliphatic heterocycles. The van der Waals surface area contributed by atoms with Crippen molar-refractivity contribution in [1.29, 1.82) is 0 Å². The van der Waals surface area contributed by atoms with E-state index in [9.17, 15) is 0 Å². The van der Waals surface area contributed by atoms with Gasteiger partial charge in [0.25, 0.3) is 0 Å². The molecular formula is C22H35IN6O. The summed E-state index contributed by atoms with van der Waals surface area (Å²) < 4.78 is 7.77. The van der Waals surface area contributed by atoms with E-state index in [0.717, 1.165) is 81.7 Å². The Kier molecular flexibility index (Phi) is 10.4. The molecule has 0 bridgehead atoms. The number of nitrogens with zero attached hydrogens (tertiary/aromatic N) is 4. The third-order valence-electron chi connectivity index (χ3n) is 4.94. The van der Waals surface area contributed by atoms with E-state index in [1.807, 2.05) is 10.7 Å². The number of hydrogen-bond acceptors (Lipinski definition) is 4. The molecule has 0 spiro atoms. The summed E-state index contributed by atoms with van der Waals surface area (Å²) in [6.07, 6.45) is 4.78. The molecule has 30 heavy (non-hydrogen) atoms. The maximum Gasteiger partial charge on any atom is 0.191 e. The van der Waals surface area contributed by atoms with E-state index in [0.29, 0.717) is 6.04 Å². The van der Waals surface area contributed by atoms with Crippen LogP contribution >= 0.6 is 24.0 Å². The Balaban J connectivity index is 0.00000320. The molecule has 7 nitrogen and oxygen atoms in total. The van der Waals surface area contributed by atoms with Gasteiger partial charge in [-0.25, -0.2) is 9.67 Å². The van der Waals surface area contributed by atoms with Gasteiger partial charge in [0.2, 0.25) is 0 Å². The Morgan fingerprint density at radius 1 is 1.30 bits per heavy atom. The quantitative estimate of drug-likeness (QED) is 0.298. The molecular weight excluding hydrogens is 491 g/mol. The average Bonchev–Trinajstić information content (AvgIpc) is 3.15. The zero-order chi connectivity index (χ0) is 20.5. The predicted octanol–water partition coefficient (Wildman–Crippen LogP) is 3.36. The summed E-state index contributed by atoms with van der Waals surface area (Å²) in [5, 5.41) is 11.5. The Bertz CT molecular complexity index is 807. The number of rotatable bonds is 9. The Hall–Kier alpha value is -1.84. The van der Waals surface area contributed by atoms with E-state index >= 15 is 0 Å². The molecule has 2 N–H and O–H groups in total. The normalized spacial score (nSPS) is 15.8. The van der Waals surface area contributed by atoms with Gasteiger partial charge in [0.05, 0.1) is 13.2 Å². The highest BCUT2D eigenvalue weighted by molar-refractivity contribution is 14.0. The third kappa shape index (κ3) is 7.14. The predicted molar refractivity (Wildman–Crippen MR) is 132 cm³/mol. The number of halogens is 1. The fraction of sp³-hybridized carbons (Fsp3) is 0.591. The minimum Gasteiger partial charge on any atom is -0.494 e. The number of aliphatic imine (C=N–C) groups is 1. The number of nitrogens with one attached hydrogen (secondary N) is 2. The largest absolute Gasteiger partial charge is 0.494 e. The molecule has 1 aromatic carbocycles. The van der Waals surface area contributed by atoms with Gasteiger partial charge in [0.15, 0.2) is 11.8 Å². The molecule has 2 heterocycles. The number of benzene rings is 1. The van der Waals surface area contributed by atoms with Gasteiger partial charge in [-0.05, 0) is 43.9 Å². The second-order valence-corrected chi connectivity index (χ2v) is 7.37. The zero-order valence-electron chi connectivity index (χ0n) is 18.4. The highest BCUT2D eigenvalue weighted by Gasteiger charge is 2.22. The summed E-state index contributed by atoms with van der Waals surface area (Å²) in [4.78, 5) is 9.38. The van der Waals surface area contributed by atoms with E-state index in [2.05, 4.69) is 59.7 Å². The molecule has 3 rings (SSSR count). The van der Waals surface area contributed by atoms with Crippen LogP contribution in [-0.4, -0.2) is 46.5 Å². The first-order valence-electron chi connectivity index (χ1n) is 10.9. The minimum absolute atomic E-state index is 0. The molecule has 0 amide bonds. The minimum atomic E-state index is 0. The van der Waals surface area contributed by atoms with Crippen LogP contribution in [0.2, 0.25) is 0 Å². The van der Waals surface area contributed by atoms with Gasteiger partial charge >= 0.3 is 0 Å². The second kappa shape index (κ2) is 12.8. The summed E-state index contributed by atoms with van der Waals surface area (Å²) in [7, 11) is 0. The maximum absolute atomic E-state index is 5.73. The molecule has 1 atom stereocenters. The number of hydrogen-bond donors (Lipinski definition) is 2. The van der Waals surface area contributed by atoms with Gasteiger partial charge in [0.1, 0.15) is 11.6 Å². The lowest BCUT2D eigenvalue weighted by Gasteiger charge is -2.25. The van der Waals surface area contributed by atoms with E-state index in [4.69, 9.17) is 9.73 Å². The molecule has 0 fully saturated rings.